The lowest BCUT2D eigenvalue weighted by Crippen LogP contribution is -2.42. The van der Waals surface area contributed by atoms with Gasteiger partial charge in [0.25, 0.3) is 0 Å². The van der Waals surface area contributed by atoms with E-state index >= 15 is 0 Å². The molecule has 19 heavy (non-hydrogen) atoms. The van der Waals surface area contributed by atoms with Crippen LogP contribution in [0.3, 0.4) is 0 Å². The maximum atomic E-state index is 6.07. The van der Waals surface area contributed by atoms with Crippen molar-refractivity contribution in [3.63, 3.8) is 0 Å². The summed E-state index contributed by atoms with van der Waals surface area (Å²) in [7, 11) is 0. The molecule has 2 N–H and O–H groups in total. The van der Waals surface area contributed by atoms with E-state index in [-0.39, 0.29) is 0 Å². The zero-order chi connectivity index (χ0) is 13.8. The van der Waals surface area contributed by atoms with Crippen LogP contribution in [-0.2, 0) is 0 Å². The number of hydrogen-bond donors (Lipinski definition) is 1. The minimum atomic E-state index is 0.383. The Kier molecular flexibility index (Phi) is 5.31. The molecule has 0 spiro atoms. The molecule has 2 atom stereocenters. The van der Waals surface area contributed by atoms with Gasteiger partial charge in [0.15, 0.2) is 0 Å². The highest BCUT2D eigenvalue weighted by molar-refractivity contribution is 8.00. The van der Waals surface area contributed by atoms with E-state index in [2.05, 4.69) is 55.6 Å². The zero-order valence-corrected chi connectivity index (χ0v) is 13.2. The van der Waals surface area contributed by atoms with Crippen LogP contribution in [0.2, 0.25) is 0 Å². The average Bonchev–Trinajstić information content (AvgIpc) is 2.39. The summed E-state index contributed by atoms with van der Waals surface area (Å²) in [5.74, 6) is 1.24. The van der Waals surface area contributed by atoms with Crippen molar-refractivity contribution < 1.29 is 0 Å². The highest BCUT2D eigenvalue weighted by Gasteiger charge is 2.25. The minimum absolute atomic E-state index is 0.383. The predicted molar refractivity (Wildman–Crippen MR) is 85.8 cm³/mol. The lowest BCUT2D eigenvalue weighted by molar-refractivity contribution is 0.207. The first-order chi connectivity index (χ1) is 9.13. The van der Waals surface area contributed by atoms with Gasteiger partial charge in [-0.05, 0) is 25.8 Å². The normalized spacial score (nSPS) is 22.4. The molecule has 106 valence electrons. The van der Waals surface area contributed by atoms with E-state index in [0.29, 0.717) is 12.6 Å². The number of aryl methyl sites for hydroxylation is 2. The summed E-state index contributed by atoms with van der Waals surface area (Å²) in [5.41, 5.74) is 10.1. The first-order valence-corrected chi connectivity index (χ1v) is 8.32. The largest absolute Gasteiger partial charge is 0.329 e. The molecule has 1 aliphatic rings. The van der Waals surface area contributed by atoms with Gasteiger partial charge in [-0.2, -0.15) is 11.8 Å². The molecule has 1 aliphatic heterocycles. The highest BCUT2D eigenvalue weighted by atomic mass is 32.2. The van der Waals surface area contributed by atoms with Gasteiger partial charge in [0.1, 0.15) is 0 Å². The van der Waals surface area contributed by atoms with Crippen molar-refractivity contribution in [1.29, 1.82) is 0 Å². The Morgan fingerprint density at radius 2 is 2.00 bits per heavy atom. The second-order valence-electron chi connectivity index (χ2n) is 5.57. The van der Waals surface area contributed by atoms with Gasteiger partial charge in [-0.3, -0.25) is 4.90 Å². The molecule has 1 aromatic rings. The molecule has 0 aromatic heterocycles. The van der Waals surface area contributed by atoms with Crippen LogP contribution in [0.25, 0.3) is 0 Å². The van der Waals surface area contributed by atoms with E-state index in [9.17, 15) is 0 Å². The summed E-state index contributed by atoms with van der Waals surface area (Å²) in [6.45, 7) is 9.68. The van der Waals surface area contributed by atoms with Gasteiger partial charge in [0.05, 0.1) is 0 Å². The van der Waals surface area contributed by atoms with Crippen LogP contribution in [-0.4, -0.2) is 35.5 Å². The van der Waals surface area contributed by atoms with Gasteiger partial charge in [-0.15, -0.1) is 0 Å². The minimum Gasteiger partial charge on any atom is -0.329 e. The van der Waals surface area contributed by atoms with Crippen molar-refractivity contribution in [1.82, 2.24) is 4.90 Å². The van der Waals surface area contributed by atoms with Gasteiger partial charge in [0, 0.05) is 36.7 Å². The maximum absolute atomic E-state index is 6.07. The molecule has 3 heteroatoms. The molecule has 2 nitrogen and oxygen atoms in total. The van der Waals surface area contributed by atoms with Crippen molar-refractivity contribution in [3.05, 3.63) is 34.9 Å². The summed E-state index contributed by atoms with van der Waals surface area (Å²) >= 11 is 2.11. The molecule has 2 rings (SSSR count). The molecule has 0 bridgehead atoms. The van der Waals surface area contributed by atoms with Crippen LogP contribution in [0, 0.1) is 13.8 Å². The third-order valence-electron chi connectivity index (χ3n) is 3.92. The predicted octanol–water partition coefficient (Wildman–Crippen LogP) is 3.13. The smallest absolute Gasteiger partial charge is 0.0471 e. The molecule has 0 radical (unpaired) electrons. The fourth-order valence-corrected chi connectivity index (χ4v) is 4.18. The summed E-state index contributed by atoms with van der Waals surface area (Å²) in [6, 6.07) is 7.21. The van der Waals surface area contributed by atoms with Crippen LogP contribution >= 0.6 is 11.8 Å². The summed E-state index contributed by atoms with van der Waals surface area (Å²) in [6.07, 6.45) is 1.26. The Morgan fingerprint density at radius 3 is 2.58 bits per heavy atom. The van der Waals surface area contributed by atoms with Crippen molar-refractivity contribution in [2.24, 2.45) is 5.73 Å². The van der Waals surface area contributed by atoms with Crippen LogP contribution in [0.5, 0.6) is 0 Å². The number of thioether (sulfide) groups is 1. The van der Waals surface area contributed by atoms with Crippen LogP contribution in [0.1, 0.15) is 36.1 Å². The average molecular weight is 278 g/mol. The Morgan fingerprint density at radius 1 is 1.32 bits per heavy atom. The molecule has 1 heterocycles. The van der Waals surface area contributed by atoms with Gasteiger partial charge in [-0.25, -0.2) is 0 Å². The number of rotatable bonds is 4. The van der Waals surface area contributed by atoms with E-state index in [4.69, 9.17) is 5.73 Å². The topological polar surface area (TPSA) is 29.3 Å². The van der Waals surface area contributed by atoms with Crippen LogP contribution in [0.15, 0.2) is 18.2 Å². The highest BCUT2D eigenvalue weighted by Crippen LogP contribution is 2.29. The Hall–Kier alpha value is -0.510. The maximum Gasteiger partial charge on any atom is 0.0471 e. The van der Waals surface area contributed by atoms with Crippen LogP contribution in [0.4, 0.5) is 0 Å². The van der Waals surface area contributed by atoms with Crippen molar-refractivity contribution in [3.8, 4) is 0 Å². The van der Waals surface area contributed by atoms with Crippen LogP contribution < -0.4 is 5.73 Å². The number of benzene rings is 1. The Labute approximate surface area is 121 Å². The molecule has 2 unspecified atom stereocenters. The first kappa shape index (κ1) is 14.9. The first-order valence-electron chi connectivity index (χ1n) is 7.28. The lowest BCUT2D eigenvalue weighted by Gasteiger charge is -2.37. The van der Waals surface area contributed by atoms with Gasteiger partial charge >= 0.3 is 0 Å². The number of nitrogens with zero attached hydrogens (tertiary/aromatic N) is 1. The third kappa shape index (κ3) is 3.74. The monoisotopic (exact) mass is 278 g/mol. The Bertz CT molecular complexity index is 399. The molecule has 0 aliphatic carbocycles. The fraction of sp³-hybridized carbons (Fsp3) is 0.625. The van der Waals surface area contributed by atoms with E-state index in [1.54, 1.807) is 0 Å². The second-order valence-corrected chi connectivity index (χ2v) is 6.98. The van der Waals surface area contributed by atoms with Crippen molar-refractivity contribution >= 4 is 11.8 Å². The van der Waals surface area contributed by atoms with Gasteiger partial charge in [0.2, 0.25) is 0 Å². The lowest BCUT2D eigenvalue weighted by atomic mass is 9.99. The summed E-state index contributed by atoms with van der Waals surface area (Å²) in [4.78, 5) is 2.58. The summed E-state index contributed by atoms with van der Waals surface area (Å²) < 4.78 is 0. The quantitative estimate of drug-likeness (QED) is 0.917. The van der Waals surface area contributed by atoms with Crippen molar-refractivity contribution in [2.45, 2.75) is 38.5 Å². The summed E-state index contributed by atoms with van der Waals surface area (Å²) in [5, 5.41) is 0.772. The zero-order valence-electron chi connectivity index (χ0n) is 12.4. The fourth-order valence-electron chi connectivity index (χ4n) is 2.97. The molecule has 1 saturated heterocycles. The van der Waals surface area contributed by atoms with E-state index in [1.165, 1.54) is 35.4 Å². The van der Waals surface area contributed by atoms with E-state index in [0.717, 1.165) is 11.8 Å². The number of hydrogen-bond acceptors (Lipinski definition) is 3. The SMILES string of the molecule is CCC1CN(C(CN)c2cc(C)cc(C)c2)CCS1. The molecular weight excluding hydrogens is 252 g/mol. The van der Waals surface area contributed by atoms with Crippen molar-refractivity contribution in [2.75, 3.05) is 25.4 Å². The second kappa shape index (κ2) is 6.78. The molecule has 0 saturated carbocycles. The molecule has 1 aromatic carbocycles. The molecule has 1 fully saturated rings. The van der Waals surface area contributed by atoms with E-state index in [1.807, 2.05) is 0 Å². The van der Waals surface area contributed by atoms with Gasteiger partial charge in [-0.1, -0.05) is 36.2 Å². The molecule has 0 amide bonds. The Balaban J connectivity index is 2.18. The third-order valence-corrected chi connectivity index (χ3v) is 5.29. The molecular formula is C16H26N2S. The number of nitrogens with two attached hydrogens (primary N) is 1. The standard InChI is InChI=1S/C16H26N2S/c1-4-15-11-18(5-6-19-15)16(10-17)14-8-12(2)7-13(3)9-14/h7-9,15-16H,4-6,10-11,17H2,1-3H3. The van der Waals surface area contributed by atoms with E-state index < -0.39 is 0 Å². The van der Waals surface area contributed by atoms with Gasteiger partial charge < -0.3 is 5.73 Å².